The average Bonchev–Trinajstić information content (AvgIpc) is 2.73. The van der Waals surface area contributed by atoms with E-state index in [0.717, 1.165) is 37.2 Å². The lowest BCUT2D eigenvalue weighted by atomic mass is 10.1. The molecule has 2 aromatic rings. The zero-order chi connectivity index (χ0) is 12.5. The topological polar surface area (TPSA) is 38.0 Å². The van der Waals surface area contributed by atoms with Crippen molar-refractivity contribution in [2.75, 3.05) is 0 Å². The lowest BCUT2D eigenvalue weighted by Crippen LogP contribution is -2.16. The fourth-order valence-electron chi connectivity index (χ4n) is 2.63. The van der Waals surface area contributed by atoms with E-state index >= 15 is 0 Å². The third kappa shape index (κ3) is 2.18. The number of hydrogen-bond donors (Lipinski definition) is 1. The van der Waals surface area contributed by atoms with Gasteiger partial charge in [-0.2, -0.15) is 0 Å². The van der Waals surface area contributed by atoms with Crippen LogP contribution in [0.1, 0.15) is 41.7 Å². The molecule has 1 unspecified atom stereocenters. The van der Waals surface area contributed by atoms with Crippen LogP contribution in [0.2, 0.25) is 0 Å². The van der Waals surface area contributed by atoms with Gasteiger partial charge in [0.2, 0.25) is 0 Å². The molecule has 1 atom stereocenters. The second kappa shape index (κ2) is 4.58. The van der Waals surface area contributed by atoms with E-state index in [9.17, 15) is 5.11 Å². The second-order valence-electron chi connectivity index (χ2n) is 5.09. The van der Waals surface area contributed by atoms with Crippen molar-refractivity contribution in [3.05, 3.63) is 53.1 Å². The molecule has 1 aliphatic rings. The van der Waals surface area contributed by atoms with Crippen LogP contribution < -0.4 is 0 Å². The van der Waals surface area contributed by atoms with Gasteiger partial charge in [-0.25, -0.2) is 4.98 Å². The summed E-state index contributed by atoms with van der Waals surface area (Å²) in [5.74, 6) is 1.02. The Morgan fingerprint density at radius 3 is 3.11 bits per heavy atom. The second-order valence-corrected chi connectivity index (χ2v) is 5.09. The number of imidazole rings is 1. The van der Waals surface area contributed by atoms with Gasteiger partial charge >= 0.3 is 0 Å². The van der Waals surface area contributed by atoms with Gasteiger partial charge in [0.1, 0.15) is 12.1 Å². The van der Waals surface area contributed by atoms with E-state index in [2.05, 4.69) is 36.2 Å². The first-order valence-corrected chi connectivity index (χ1v) is 6.52. The highest BCUT2D eigenvalue weighted by Gasteiger charge is 2.19. The van der Waals surface area contributed by atoms with E-state index in [0.29, 0.717) is 0 Å². The summed E-state index contributed by atoms with van der Waals surface area (Å²) in [6.07, 6.45) is 5.31. The summed E-state index contributed by atoms with van der Waals surface area (Å²) in [6, 6.07) is 8.50. The van der Waals surface area contributed by atoms with Crippen molar-refractivity contribution in [1.82, 2.24) is 9.55 Å². The quantitative estimate of drug-likeness (QED) is 0.879. The number of aliphatic hydroxyl groups excluding tert-OH is 1. The summed E-state index contributed by atoms with van der Waals surface area (Å²) in [5.41, 5.74) is 3.60. The SMILES string of the molecule is Cc1cccc(Cc2cn3c(n2)CCCC3O)c1. The Kier molecular flexibility index (Phi) is 2.92. The van der Waals surface area contributed by atoms with Crippen LogP contribution in [-0.4, -0.2) is 14.7 Å². The maximum Gasteiger partial charge on any atom is 0.131 e. The van der Waals surface area contributed by atoms with Crippen LogP contribution in [0.25, 0.3) is 0 Å². The van der Waals surface area contributed by atoms with Crippen LogP contribution in [0.3, 0.4) is 0 Å². The van der Waals surface area contributed by atoms with Gasteiger partial charge in [-0.15, -0.1) is 0 Å². The molecule has 1 aromatic heterocycles. The van der Waals surface area contributed by atoms with Crippen LogP contribution in [0.15, 0.2) is 30.5 Å². The standard InChI is InChI=1S/C15H18N2O/c1-11-4-2-5-12(8-11)9-13-10-17-14(16-13)6-3-7-15(17)18/h2,4-5,8,10,15,18H,3,6-7,9H2,1H3. The molecule has 0 bridgehead atoms. The third-order valence-electron chi connectivity index (χ3n) is 3.51. The molecule has 1 N–H and O–H groups in total. The van der Waals surface area contributed by atoms with Crippen molar-refractivity contribution in [2.24, 2.45) is 0 Å². The first kappa shape index (κ1) is 11.5. The monoisotopic (exact) mass is 242 g/mol. The molecule has 3 nitrogen and oxygen atoms in total. The molecule has 3 rings (SSSR count). The maximum atomic E-state index is 9.91. The Hall–Kier alpha value is -1.61. The molecule has 0 amide bonds. The van der Waals surface area contributed by atoms with E-state index in [4.69, 9.17) is 0 Å². The summed E-state index contributed by atoms with van der Waals surface area (Å²) in [5, 5.41) is 9.91. The van der Waals surface area contributed by atoms with Crippen molar-refractivity contribution in [1.29, 1.82) is 0 Å². The van der Waals surface area contributed by atoms with E-state index in [-0.39, 0.29) is 6.23 Å². The first-order valence-electron chi connectivity index (χ1n) is 6.52. The highest BCUT2D eigenvalue weighted by Crippen LogP contribution is 2.23. The number of hydrogen-bond acceptors (Lipinski definition) is 2. The molecule has 0 spiro atoms. The van der Waals surface area contributed by atoms with Gasteiger partial charge in [0.25, 0.3) is 0 Å². The molecule has 1 aliphatic heterocycles. The van der Waals surface area contributed by atoms with E-state index in [1.807, 2.05) is 10.8 Å². The molecule has 1 aromatic carbocycles. The highest BCUT2D eigenvalue weighted by atomic mass is 16.3. The molecule has 3 heteroatoms. The fourth-order valence-corrected chi connectivity index (χ4v) is 2.63. The molecule has 0 saturated heterocycles. The predicted molar refractivity (Wildman–Crippen MR) is 70.4 cm³/mol. The number of benzene rings is 1. The Morgan fingerprint density at radius 2 is 2.33 bits per heavy atom. The summed E-state index contributed by atoms with van der Waals surface area (Å²) in [7, 11) is 0. The Morgan fingerprint density at radius 1 is 1.44 bits per heavy atom. The van der Waals surface area contributed by atoms with Gasteiger partial charge in [0, 0.05) is 19.0 Å². The van der Waals surface area contributed by atoms with Gasteiger partial charge in [-0.3, -0.25) is 0 Å². The number of aryl methyl sites for hydroxylation is 2. The van der Waals surface area contributed by atoms with Crippen LogP contribution >= 0.6 is 0 Å². The van der Waals surface area contributed by atoms with Crippen LogP contribution in [0.4, 0.5) is 0 Å². The van der Waals surface area contributed by atoms with E-state index in [1.54, 1.807) is 0 Å². The minimum Gasteiger partial charge on any atom is -0.373 e. The van der Waals surface area contributed by atoms with Gasteiger partial charge in [-0.1, -0.05) is 29.8 Å². The molecule has 18 heavy (non-hydrogen) atoms. The first-order chi connectivity index (χ1) is 8.72. The van der Waals surface area contributed by atoms with Crippen molar-refractivity contribution < 1.29 is 5.11 Å². The lowest BCUT2D eigenvalue weighted by Gasteiger charge is -2.19. The third-order valence-corrected chi connectivity index (χ3v) is 3.51. The number of aliphatic hydroxyl groups is 1. The molecule has 94 valence electrons. The zero-order valence-corrected chi connectivity index (χ0v) is 10.6. The van der Waals surface area contributed by atoms with Crippen molar-refractivity contribution >= 4 is 0 Å². The summed E-state index contributed by atoms with van der Waals surface area (Å²) < 4.78 is 1.93. The van der Waals surface area contributed by atoms with Gasteiger partial charge in [0.15, 0.2) is 0 Å². The van der Waals surface area contributed by atoms with Crippen LogP contribution in [0.5, 0.6) is 0 Å². The van der Waals surface area contributed by atoms with Crippen molar-refractivity contribution in [3.63, 3.8) is 0 Å². The van der Waals surface area contributed by atoms with Crippen molar-refractivity contribution in [2.45, 2.75) is 38.8 Å². The summed E-state index contributed by atoms with van der Waals surface area (Å²) in [6.45, 7) is 2.10. The minimum absolute atomic E-state index is 0.382. The number of aromatic nitrogens is 2. The Bertz CT molecular complexity index is 559. The summed E-state index contributed by atoms with van der Waals surface area (Å²) in [4.78, 5) is 4.63. The molecular weight excluding hydrogens is 224 g/mol. The van der Waals surface area contributed by atoms with Crippen LogP contribution in [0, 0.1) is 6.92 Å². The summed E-state index contributed by atoms with van der Waals surface area (Å²) >= 11 is 0. The molecule has 0 saturated carbocycles. The smallest absolute Gasteiger partial charge is 0.131 e. The fraction of sp³-hybridized carbons (Fsp3) is 0.400. The average molecular weight is 242 g/mol. The largest absolute Gasteiger partial charge is 0.373 e. The number of rotatable bonds is 2. The van der Waals surface area contributed by atoms with E-state index in [1.165, 1.54) is 11.1 Å². The normalized spacial score (nSPS) is 18.7. The maximum absolute atomic E-state index is 9.91. The van der Waals surface area contributed by atoms with Gasteiger partial charge in [-0.05, 0) is 25.3 Å². The Labute approximate surface area is 107 Å². The molecule has 0 fully saturated rings. The zero-order valence-electron chi connectivity index (χ0n) is 10.6. The minimum atomic E-state index is -0.382. The molecular formula is C15H18N2O. The number of nitrogens with zero attached hydrogens (tertiary/aromatic N) is 2. The number of fused-ring (bicyclic) bond motifs is 1. The molecule has 0 radical (unpaired) electrons. The van der Waals surface area contributed by atoms with Gasteiger partial charge < -0.3 is 9.67 Å². The molecule has 0 aliphatic carbocycles. The van der Waals surface area contributed by atoms with Gasteiger partial charge in [0.05, 0.1) is 5.69 Å². The highest BCUT2D eigenvalue weighted by molar-refractivity contribution is 5.26. The lowest BCUT2D eigenvalue weighted by molar-refractivity contribution is 0.0780. The molecule has 2 heterocycles. The van der Waals surface area contributed by atoms with E-state index < -0.39 is 0 Å². The van der Waals surface area contributed by atoms with Crippen molar-refractivity contribution in [3.8, 4) is 0 Å². The predicted octanol–water partition coefficient (Wildman–Crippen LogP) is 2.61. The van der Waals surface area contributed by atoms with Crippen LogP contribution in [-0.2, 0) is 12.8 Å². The Balaban J connectivity index is 1.85.